The molecule has 0 bridgehead atoms. The fourth-order valence-corrected chi connectivity index (χ4v) is 2.92. The van der Waals surface area contributed by atoms with Crippen LogP contribution in [-0.2, 0) is 9.59 Å². The molecule has 2 atom stereocenters. The summed E-state index contributed by atoms with van der Waals surface area (Å²) < 4.78 is 0. The van der Waals surface area contributed by atoms with Gasteiger partial charge >= 0.3 is 0 Å². The number of hydrogen-bond acceptors (Lipinski definition) is 5. The first kappa shape index (κ1) is 16.5. The van der Waals surface area contributed by atoms with E-state index < -0.39 is 40.0 Å². The van der Waals surface area contributed by atoms with Gasteiger partial charge in [0.2, 0.25) is 5.91 Å². The fraction of sp³-hybridized carbons (Fsp3) is 0.167. The normalized spacial score (nSPS) is 20.0. The van der Waals surface area contributed by atoms with Gasteiger partial charge in [-0.3, -0.25) is 24.5 Å². The summed E-state index contributed by atoms with van der Waals surface area (Å²) in [4.78, 5) is 47.8. The SMILES string of the molecule is O=C1CC(c2ccccc2)NC(=O)C1C(=O)c1ccccc1[N+](=O)[O-]. The van der Waals surface area contributed by atoms with Crippen LogP contribution >= 0.6 is 0 Å². The zero-order valence-electron chi connectivity index (χ0n) is 13.0. The molecule has 7 heteroatoms. The first-order valence-corrected chi connectivity index (χ1v) is 7.64. The summed E-state index contributed by atoms with van der Waals surface area (Å²) in [7, 11) is 0. The van der Waals surface area contributed by atoms with Crippen LogP contribution in [0.2, 0.25) is 0 Å². The first-order chi connectivity index (χ1) is 12.0. The number of hydrogen-bond donors (Lipinski definition) is 1. The van der Waals surface area contributed by atoms with E-state index in [9.17, 15) is 24.5 Å². The number of nitrogens with zero attached hydrogens (tertiary/aromatic N) is 1. The number of Topliss-reactive ketones (excluding diaryl/α,β-unsaturated/α-hetero) is 2. The lowest BCUT2D eigenvalue weighted by Gasteiger charge is -2.27. The smallest absolute Gasteiger partial charge is 0.280 e. The molecule has 1 fully saturated rings. The number of amides is 1. The van der Waals surface area contributed by atoms with Crippen LogP contribution in [0.4, 0.5) is 5.69 Å². The van der Waals surface area contributed by atoms with Crippen LogP contribution in [0.25, 0.3) is 0 Å². The molecule has 3 rings (SSSR count). The van der Waals surface area contributed by atoms with E-state index in [0.717, 1.165) is 5.56 Å². The molecular formula is C18H14N2O5. The Morgan fingerprint density at radius 3 is 2.32 bits per heavy atom. The van der Waals surface area contributed by atoms with Crippen molar-refractivity contribution in [3.05, 3.63) is 75.8 Å². The Kier molecular flexibility index (Phi) is 4.38. The maximum Gasteiger partial charge on any atom is 0.280 e. The Morgan fingerprint density at radius 2 is 1.68 bits per heavy atom. The molecule has 1 aliphatic rings. The minimum absolute atomic E-state index is 0.0349. The molecule has 1 N–H and O–H groups in total. The van der Waals surface area contributed by atoms with E-state index in [0.29, 0.717) is 0 Å². The van der Waals surface area contributed by atoms with Gasteiger partial charge in [0.05, 0.1) is 16.5 Å². The monoisotopic (exact) mass is 338 g/mol. The van der Waals surface area contributed by atoms with Crippen LogP contribution in [0.15, 0.2) is 54.6 Å². The zero-order valence-corrected chi connectivity index (χ0v) is 13.0. The number of benzene rings is 2. The molecular weight excluding hydrogens is 324 g/mol. The highest BCUT2D eigenvalue weighted by Gasteiger charge is 2.42. The molecule has 0 spiro atoms. The largest absolute Gasteiger partial charge is 0.348 e. The van der Waals surface area contributed by atoms with Crippen molar-refractivity contribution in [3.8, 4) is 0 Å². The van der Waals surface area contributed by atoms with Gasteiger partial charge in [-0.25, -0.2) is 0 Å². The third-order valence-corrected chi connectivity index (χ3v) is 4.14. The summed E-state index contributed by atoms with van der Waals surface area (Å²) >= 11 is 0. The molecule has 1 heterocycles. The van der Waals surface area contributed by atoms with Gasteiger partial charge in [-0.15, -0.1) is 0 Å². The number of nitro benzene ring substituents is 1. The van der Waals surface area contributed by atoms with Gasteiger partial charge in [0.1, 0.15) is 0 Å². The van der Waals surface area contributed by atoms with E-state index in [4.69, 9.17) is 0 Å². The Hall–Kier alpha value is -3.35. The minimum Gasteiger partial charge on any atom is -0.348 e. The quantitative estimate of drug-likeness (QED) is 0.398. The molecule has 126 valence electrons. The molecule has 0 aromatic heterocycles. The highest BCUT2D eigenvalue weighted by atomic mass is 16.6. The van der Waals surface area contributed by atoms with Gasteiger partial charge in [-0.2, -0.15) is 0 Å². The second kappa shape index (κ2) is 6.64. The Bertz CT molecular complexity index is 845. The number of para-hydroxylation sites is 1. The van der Waals surface area contributed by atoms with E-state index in [1.165, 1.54) is 24.3 Å². The van der Waals surface area contributed by atoms with Gasteiger partial charge in [0.25, 0.3) is 5.69 Å². The average molecular weight is 338 g/mol. The van der Waals surface area contributed by atoms with Gasteiger partial charge in [0, 0.05) is 12.5 Å². The number of nitrogens with one attached hydrogen (secondary N) is 1. The van der Waals surface area contributed by atoms with Crippen LogP contribution in [0.5, 0.6) is 0 Å². The summed E-state index contributed by atoms with van der Waals surface area (Å²) in [5, 5.41) is 13.7. The van der Waals surface area contributed by atoms with Crippen LogP contribution < -0.4 is 5.32 Å². The second-order valence-electron chi connectivity index (χ2n) is 5.71. The predicted molar refractivity (Wildman–Crippen MR) is 87.9 cm³/mol. The molecule has 0 saturated carbocycles. The van der Waals surface area contributed by atoms with Crippen LogP contribution in [0.1, 0.15) is 28.4 Å². The third kappa shape index (κ3) is 3.16. The molecule has 2 aromatic rings. The molecule has 0 radical (unpaired) electrons. The molecule has 0 aliphatic carbocycles. The highest BCUT2D eigenvalue weighted by molar-refractivity contribution is 6.25. The molecule has 1 amide bonds. The van der Waals surface area contributed by atoms with Crippen LogP contribution in [0.3, 0.4) is 0 Å². The number of ketones is 2. The van der Waals surface area contributed by atoms with E-state index in [1.54, 1.807) is 24.3 Å². The lowest BCUT2D eigenvalue weighted by Crippen LogP contribution is -2.48. The van der Waals surface area contributed by atoms with Crippen molar-refractivity contribution in [2.45, 2.75) is 12.5 Å². The lowest BCUT2D eigenvalue weighted by molar-refractivity contribution is -0.385. The van der Waals surface area contributed by atoms with E-state index in [2.05, 4.69) is 5.32 Å². The number of carbonyl (C=O) groups is 3. The molecule has 1 saturated heterocycles. The van der Waals surface area contributed by atoms with Crippen molar-refractivity contribution in [1.29, 1.82) is 0 Å². The van der Waals surface area contributed by atoms with Gasteiger partial charge in [0.15, 0.2) is 17.5 Å². The molecule has 1 aliphatic heterocycles. The predicted octanol–water partition coefficient (Wildman–Crippen LogP) is 2.22. The third-order valence-electron chi connectivity index (χ3n) is 4.14. The van der Waals surface area contributed by atoms with Gasteiger partial charge < -0.3 is 5.32 Å². The summed E-state index contributed by atoms with van der Waals surface area (Å²) in [6.45, 7) is 0. The van der Waals surface area contributed by atoms with Crippen molar-refractivity contribution in [1.82, 2.24) is 5.32 Å². The molecule has 7 nitrogen and oxygen atoms in total. The van der Waals surface area contributed by atoms with E-state index in [1.807, 2.05) is 6.07 Å². The molecule has 2 aromatic carbocycles. The first-order valence-electron chi connectivity index (χ1n) is 7.64. The topological polar surface area (TPSA) is 106 Å². The summed E-state index contributed by atoms with van der Waals surface area (Å²) in [5.41, 5.74) is 0.109. The Balaban J connectivity index is 1.87. The zero-order chi connectivity index (χ0) is 18.0. The number of nitro groups is 1. The van der Waals surface area contributed by atoms with Gasteiger partial charge in [-0.1, -0.05) is 42.5 Å². The summed E-state index contributed by atoms with van der Waals surface area (Å²) in [5.74, 6) is -3.67. The van der Waals surface area contributed by atoms with E-state index in [-0.39, 0.29) is 12.0 Å². The van der Waals surface area contributed by atoms with Crippen molar-refractivity contribution in [3.63, 3.8) is 0 Å². The van der Waals surface area contributed by atoms with Gasteiger partial charge in [-0.05, 0) is 11.6 Å². The molecule has 2 unspecified atom stereocenters. The van der Waals surface area contributed by atoms with E-state index >= 15 is 0 Å². The number of piperidine rings is 1. The molecule has 25 heavy (non-hydrogen) atoms. The van der Waals surface area contributed by atoms with Crippen molar-refractivity contribution >= 4 is 23.2 Å². The van der Waals surface area contributed by atoms with Crippen LogP contribution in [0, 0.1) is 16.0 Å². The average Bonchev–Trinajstić information content (AvgIpc) is 2.61. The fourth-order valence-electron chi connectivity index (χ4n) is 2.92. The highest BCUT2D eigenvalue weighted by Crippen LogP contribution is 2.28. The number of carbonyl (C=O) groups excluding carboxylic acids is 3. The Labute approximate surface area is 142 Å². The summed E-state index contributed by atoms with van der Waals surface area (Å²) in [6.07, 6.45) is -0.0349. The maximum atomic E-state index is 12.6. The summed E-state index contributed by atoms with van der Waals surface area (Å²) in [6, 6.07) is 13.8. The van der Waals surface area contributed by atoms with Crippen molar-refractivity contribution in [2.24, 2.45) is 5.92 Å². The minimum atomic E-state index is -1.55. The number of rotatable bonds is 4. The maximum absolute atomic E-state index is 12.6. The Morgan fingerprint density at radius 1 is 1.04 bits per heavy atom. The lowest BCUT2D eigenvalue weighted by atomic mass is 9.84. The standard InChI is InChI=1S/C18H14N2O5/c21-15-10-13(11-6-2-1-3-7-11)19-18(23)16(15)17(22)12-8-4-5-9-14(12)20(24)25/h1-9,13,16H,10H2,(H,19,23). The van der Waals surface area contributed by atoms with Crippen LogP contribution in [-0.4, -0.2) is 22.4 Å². The van der Waals surface area contributed by atoms with Crippen molar-refractivity contribution < 1.29 is 19.3 Å². The second-order valence-corrected chi connectivity index (χ2v) is 5.71. The van der Waals surface area contributed by atoms with Crippen molar-refractivity contribution in [2.75, 3.05) is 0 Å².